The first-order chi connectivity index (χ1) is 7.58. The van der Waals surface area contributed by atoms with Gasteiger partial charge < -0.3 is 10.1 Å². The highest BCUT2D eigenvalue weighted by molar-refractivity contribution is 7.09. The minimum Gasteiger partial charge on any atom is -0.375 e. The largest absolute Gasteiger partial charge is 0.375 e. The lowest BCUT2D eigenvalue weighted by Gasteiger charge is -2.44. The van der Waals surface area contributed by atoms with Gasteiger partial charge in [-0.1, -0.05) is 6.92 Å². The van der Waals surface area contributed by atoms with Gasteiger partial charge in [0.2, 0.25) is 0 Å². The number of aromatic nitrogens is 1. The first kappa shape index (κ1) is 12.0. The number of rotatable bonds is 3. The summed E-state index contributed by atoms with van der Waals surface area (Å²) in [5.41, 5.74) is -0.0449. The maximum absolute atomic E-state index is 5.80. The fourth-order valence-electron chi connectivity index (χ4n) is 2.57. The molecule has 0 amide bonds. The van der Waals surface area contributed by atoms with E-state index in [0.29, 0.717) is 0 Å². The molecule has 1 atom stereocenters. The van der Waals surface area contributed by atoms with Crippen molar-refractivity contribution in [2.75, 3.05) is 13.2 Å². The second-order valence-electron chi connectivity index (χ2n) is 4.98. The predicted molar refractivity (Wildman–Crippen MR) is 66.7 cm³/mol. The summed E-state index contributed by atoms with van der Waals surface area (Å²) in [4.78, 5) is 4.50. The van der Waals surface area contributed by atoms with E-state index in [4.69, 9.17) is 4.74 Å². The van der Waals surface area contributed by atoms with Crippen molar-refractivity contribution in [3.05, 3.63) is 16.6 Å². The second kappa shape index (κ2) is 4.43. The van der Waals surface area contributed by atoms with Gasteiger partial charge in [-0.05, 0) is 26.8 Å². The lowest BCUT2D eigenvalue weighted by molar-refractivity contribution is -0.0895. The van der Waals surface area contributed by atoms with Crippen LogP contribution in [0, 0.1) is 0 Å². The van der Waals surface area contributed by atoms with Crippen molar-refractivity contribution in [1.29, 1.82) is 0 Å². The fraction of sp³-hybridized carbons (Fsp3) is 0.750. The molecule has 1 aromatic heterocycles. The summed E-state index contributed by atoms with van der Waals surface area (Å²) in [6.45, 7) is 8.24. The molecule has 0 aliphatic carbocycles. The van der Waals surface area contributed by atoms with Crippen LogP contribution in [-0.4, -0.2) is 23.7 Å². The van der Waals surface area contributed by atoms with Crippen LogP contribution in [0.5, 0.6) is 0 Å². The Labute approximate surface area is 101 Å². The van der Waals surface area contributed by atoms with Crippen molar-refractivity contribution in [2.45, 2.75) is 44.8 Å². The van der Waals surface area contributed by atoms with Crippen LogP contribution in [0.2, 0.25) is 0 Å². The standard InChI is InChI=1S/C12H20N2OS/c1-4-14-12(10-13-6-8-16-10)5-7-15-11(2,3)9-12/h6,8,14H,4-5,7,9H2,1-3H3. The number of ether oxygens (including phenoxy) is 1. The van der Waals surface area contributed by atoms with Gasteiger partial charge in [-0.2, -0.15) is 0 Å². The van der Waals surface area contributed by atoms with Crippen molar-refractivity contribution < 1.29 is 4.74 Å². The van der Waals surface area contributed by atoms with E-state index in [1.807, 2.05) is 6.20 Å². The van der Waals surface area contributed by atoms with E-state index < -0.39 is 0 Å². The normalized spacial score (nSPS) is 29.2. The van der Waals surface area contributed by atoms with Crippen molar-refractivity contribution in [2.24, 2.45) is 0 Å². The SMILES string of the molecule is CCNC1(c2nccs2)CCOC(C)(C)C1. The molecule has 0 radical (unpaired) electrons. The van der Waals surface area contributed by atoms with Crippen LogP contribution in [0.4, 0.5) is 0 Å². The Morgan fingerprint density at radius 3 is 2.94 bits per heavy atom. The van der Waals surface area contributed by atoms with Crippen molar-refractivity contribution in [3.63, 3.8) is 0 Å². The van der Waals surface area contributed by atoms with Gasteiger partial charge in [-0.15, -0.1) is 11.3 Å². The summed E-state index contributed by atoms with van der Waals surface area (Å²) in [5, 5.41) is 6.88. The maximum atomic E-state index is 5.80. The van der Waals surface area contributed by atoms with E-state index in [0.717, 1.165) is 26.0 Å². The average Bonchev–Trinajstić information content (AvgIpc) is 2.69. The van der Waals surface area contributed by atoms with E-state index in [9.17, 15) is 0 Å². The third-order valence-electron chi connectivity index (χ3n) is 3.11. The number of hydrogen-bond donors (Lipinski definition) is 1. The molecule has 0 aromatic carbocycles. The molecule has 1 saturated heterocycles. The number of hydrogen-bond acceptors (Lipinski definition) is 4. The molecule has 1 fully saturated rings. The minimum absolute atomic E-state index is 0.0185. The number of nitrogens with one attached hydrogen (secondary N) is 1. The summed E-state index contributed by atoms with van der Waals surface area (Å²) in [7, 11) is 0. The quantitative estimate of drug-likeness (QED) is 0.881. The zero-order valence-corrected chi connectivity index (χ0v) is 11.1. The van der Waals surface area contributed by atoms with Gasteiger partial charge in [0, 0.05) is 24.6 Å². The molecule has 0 bridgehead atoms. The summed E-state index contributed by atoms with van der Waals surface area (Å²) in [6, 6.07) is 0. The van der Waals surface area contributed by atoms with E-state index in [-0.39, 0.29) is 11.1 Å². The molecule has 2 rings (SSSR count). The fourth-order valence-corrected chi connectivity index (χ4v) is 3.42. The Morgan fingerprint density at radius 1 is 1.56 bits per heavy atom. The summed E-state index contributed by atoms with van der Waals surface area (Å²) < 4.78 is 5.80. The van der Waals surface area contributed by atoms with Gasteiger partial charge in [0.15, 0.2) is 0 Å². The summed E-state index contributed by atoms with van der Waals surface area (Å²) in [6.07, 6.45) is 3.89. The van der Waals surface area contributed by atoms with E-state index in [1.54, 1.807) is 11.3 Å². The van der Waals surface area contributed by atoms with Crippen LogP contribution in [0.3, 0.4) is 0 Å². The summed E-state index contributed by atoms with van der Waals surface area (Å²) in [5.74, 6) is 0. The van der Waals surface area contributed by atoms with Gasteiger partial charge in [-0.3, -0.25) is 0 Å². The molecule has 1 unspecified atom stereocenters. The molecular formula is C12H20N2OS. The summed E-state index contributed by atoms with van der Waals surface area (Å²) >= 11 is 1.74. The van der Waals surface area contributed by atoms with Crippen LogP contribution < -0.4 is 5.32 Å². The molecule has 1 aromatic rings. The van der Waals surface area contributed by atoms with Crippen molar-refractivity contribution >= 4 is 11.3 Å². The average molecular weight is 240 g/mol. The Bertz CT molecular complexity index is 333. The third kappa shape index (κ3) is 2.29. The molecule has 1 aliphatic rings. The van der Waals surface area contributed by atoms with Crippen molar-refractivity contribution in [1.82, 2.24) is 10.3 Å². The first-order valence-corrected chi connectivity index (χ1v) is 6.75. The second-order valence-corrected chi connectivity index (χ2v) is 5.88. The topological polar surface area (TPSA) is 34.2 Å². The monoisotopic (exact) mass is 240 g/mol. The highest BCUT2D eigenvalue weighted by Gasteiger charge is 2.43. The molecular weight excluding hydrogens is 220 g/mol. The molecule has 0 saturated carbocycles. The lowest BCUT2D eigenvalue weighted by atomic mass is 9.81. The zero-order valence-electron chi connectivity index (χ0n) is 10.2. The lowest BCUT2D eigenvalue weighted by Crippen LogP contribution is -2.52. The molecule has 3 nitrogen and oxygen atoms in total. The molecule has 1 N–H and O–H groups in total. The highest BCUT2D eigenvalue weighted by Crippen LogP contribution is 2.40. The van der Waals surface area contributed by atoms with E-state index in [1.165, 1.54) is 5.01 Å². The van der Waals surface area contributed by atoms with Crippen LogP contribution in [-0.2, 0) is 10.3 Å². The van der Waals surface area contributed by atoms with Crippen LogP contribution in [0.25, 0.3) is 0 Å². The Kier molecular flexibility index (Phi) is 3.33. The molecule has 4 heteroatoms. The van der Waals surface area contributed by atoms with Crippen molar-refractivity contribution in [3.8, 4) is 0 Å². The Hall–Kier alpha value is -0.450. The zero-order chi connectivity index (χ0) is 11.6. The number of thiazole rings is 1. The molecule has 16 heavy (non-hydrogen) atoms. The van der Waals surface area contributed by atoms with Gasteiger partial charge in [0.05, 0.1) is 11.1 Å². The number of nitrogens with zero attached hydrogens (tertiary/aromatic N) is 1. The molecule has 2 heterocycles. The molecule has 1 aliphatic heterocycles. The van der Waals surface area contributed by atoms with E-state index >= 15 is 0 Å². The van der Waals surface area contributed by atoms with E-state index in [2.05, 4.69) is 36.5 Å². The van der Waals surface area contributed by atoms with Crippen LogP contribution in [0.1, 0.15) is 38.6 Å². The van der Waals surface area contributed by atoms with Gasteiger partial charge in [0.25, 0.3) is 0 Å². The molecule has 90 valence electrons. The van der Waals surface area contributed by atoms with Gasteiger partial charge in [0.1, 0.15) is 5.01 Å². The maximum Gasteiger partial charge on any atom is 0.113 e. The Balaban J connectivity index is 2.28. The minimum atomic E-state index is -0.0634. The van der Waals surface area contributed by atoms with Crippen LogP contribution in [0.15, 0.2) is 11.6 Å². The highest BCUT2D eigenvalue weighted by atomic mass is 32.1. The van der Waals surface area contributed by atoms with Gasteiger partial charge >= 0.3 is 0 Å². The van der Waals surface area contributed by atoms with Gasteiger partial charge in [-0.25, -0.2) is 4.98 Å². The predicted octanol–water partition coefficient (Wildman–Crippen LogP) is 2.54. The Morgan fingerprint density at radius 2 is 2.38 bits per heavy atom. The first-order valence-electron chi connectivity index (χ1n) is 5.87. The van der Waals surface area contributed by atoms with Crippen LogP contribution >= 0.6 is 11.3 Å². The molecule has 0 spiro atoms. The smallest absolute Gasteiger partial charge is 0.113 e. The third-order valence-corrected chi connectivity index (χ3v) is 4.08.